The lowest BCUT2D eigenvalue weighted by Crippen LogP contribution is -2.73. The van der Waals surface area contributed by atoms with Gasteiger partial charge in [0.2, 0.25) is 0 Å². The molecule has 0 amide bonds. The first-order valence-electron chi connectivity index (χ1n) is 17.4. The highest BCUT2D eigenvalue weighted by molar-refractivity contribution is 5.36. The first-order valence-corrected chi connectivity index (χ1v) is 17.4. The lowest BCUT2D eigenvalue weighted by molar-refractivity contribution is -0.331. The molecule has 1 spiro atoms. The minimum Gasteiger partial charge on any atom is -0.396 e. The van der Waals surface area contributed by atoms with Gasteiger partial charge in [-0.1, -0.05) is 53.7 Å². The maximum absolute atomic E-state index is 11.1. The summed E-state index contributed by atoms with van der Waals surface area (Å²) < 4.78 is 20.2. The van der Waals surface area contributed by atoms with Gasteiger partial charge in [0, 0.05) is 22.2 Å². The molecule has 0 aromatic carbocycles. The van der Waals surface area contributed by atoms with Crippen molar-refractivity contribution in [1.29, 1.82) is 0 Å². The maximum atomic E-state index is 11.1. The third-order valence-corrected chi connectivity index (χ3v) is 15.8. The molecule has 44 heavy (non-hydrogen) atoms. The van der Waals surface area contributed by atoms with E-state index >= 15 is 0 Å². The summed E-state index contributed by atoms with van der Waals surface area (Å²) in [6.45, 7) is 16.4. The van der Waals surface area contributed by atoms with E-state index < -0.39 is 47.8 Å². The Labute approximate surface area is 263 Å². The second-order valence-electron chi connectivity index (χ2n) is 18.1. The van der Waals surface area contributed by atoms with E-state index in [2.05, 4.69) is 53.7 Å². The number of aliphatic hydroxyl groups excluding tert-OH is 5. The molecule has 5 N–H and O–H groups in total. The quantitative estimate of drug-likeness (QED) is 0.301. The van der Waals surface area contributed by atoms with Gasteiger partial charge in [0.15, 0.2) is 6.29 Å². The van der Waals surface area contributed by atoms with E-state index in [0.29, 0.717) is 13.0 Å². The zero-order chi connectivity index (χ0) is 31.9. The number of allylic oxidation sites excluding steroid dienone is 1. The van der Waals surface area contributed by atoms with Crippen molar-refractivity contribution in [2.24, 2.45) is 50.2 Å². The average molecular weight is 619 g/mol. The van der Waals surface area contributed by atoms with Gasteiger partial charge < -0.3 is 39.7 Å². The lowest BCUT2D eigenvalue weighted by atomic mass is 9.32. The summed E-state index contributed by atoms with van der Waals surface area (Å²) in [4.78, 5) is 0. The number of fused-ring (bicyclic) bond motifs is 4. The molecule has 7 aliphatic rings. The van der Waals surface area contributed by atoms with Crippen molar-refractivity contribution in [2.75, 3.05) is 13.2 Å². The molecule has 6 unspecified atom stereocenters. The molecule has 250 valence electrons. The number of hydrogen-bond acceptors (Lipinski definition) is 8. The van der Waals surface area contributed by atoms with E-state index in [-0.39, 0.29) is 57.5 Å². The fourth-order valence-corrected chi connectivity index (χ4v) is 12.8. The summed E-state index contributed by atoms with van der Waals surface area (Å²) in [5.74, 6) is 0.675. The molecule has 2 aliphatic heterocycles. The Morgan fingerprint density at radius 2 is 1.57 bits per heavy atom. The second kappa shape index (κ2) is 9.74. The molecule has 0 aromatic rings. The molecule has 8 heteroatoms. The van der Waals surface area contributed by atoms with Crippen molar-refractivity contribution in [1.82, 2.24) is 0 Å². The molecule has 8 nitrogen and oxygen atoms in total. The minimum absolute atomic E-state index is 0.00976. The van der Waals surface area contributed by atoms with Crippen LogP contribution in [-0.2, 0) is 14.2 Å². The van der Waals surface area contributed by atoms with Crippen LogP contribution >= 0.6 is 0 Å². The highest BCUT2D eigenvalue weighted by Gasteiger charge is 2.79. The monoisotopic (exact) mass is 618 g/mol. The number of ether oxygens (including phenoxy) is 3. The molecule has 6 fully saturated rings. The Bertz CT molecular complexity index is 1190. The Hall–Kier alpha value is -0.580. The van der Waals surface area contributed by atoms with E-state index in [1.807, 2.05) is 0 Å². The van der Waals surface area contributed by atoms with Gasteiger partial charge in [-0.25, -0.2) is 0 Å². The van der Waals surface area contributed by atoms with Crippen molar-refractivity contribution in [2.45, 2.75) is 148 Å². The smallest absolute Gasteiger partial charge is 0.186 e. The molecule has 16 atom stereocenters. The topological polar surface area (TPSA) is 129 Å². The SMILES string of the molecule is C[C@@H]1O[C@@H](O[C@@H]2C[C@]3(C)C4(C=CC5[C@@]6(C)CC[C@H](O)C(C)(CO)C6CC[C@]53C)OCC23CCC(C)(C)CC34)[C@@H](O)[C@H](O)[C@@H]1O. The number of rotatable bonds is 3. The van der Waals surface area contributed by atoms with Gasteiger partial charge in [-0.05, 0) is 86.4 Å². The van der Waals surface area contributed by atoms with Crippen LogP contribution in [0.4, 0.5) is 0 Å². The summed E-state index contributed by atoms with van der Waals surface area (Å²) >= 11 is 0. The van der Waals surface area contributed by atoms with Gasteiger partial charge in [0.25, 0.3) is 0 Å². The van der Waals surface area contributed by atoms with Crippen LogP contribution in [0.3, 0.4) is 0 Å². The molecule has 0 aromatic heterocycles. The highest BCUT2D eigenvalue weighted by Crippen LogP contribution is 2.79. The van der Waals surface area contributed by atoms with Crippen molar-refractivity contribution in [3.05, 3.63) is 12.2 Å². The fraction of sp³-hybridized carbons (Fsp3) is 0.944. The predicted molar refractivity (Wildman–Crippen MR) is 164 cm³/mol. The van der Waals surface area contributed by atoms with Crippen LogP contribution in [0.15, 0.2) is 12.2 Å². The van der Waals surface area contributed by atoms with Gasteiger partial charge in [0.1, 0.15) is 18.3 Å². The van der Waals surface area contributed by atoms with Gasteiger partial charge in [-0.3, -0.25) is 0 Å². The van der Waals surface area contributed by atoms with Crippen molar-refractivity contribution >= 4 is 0 Å². The van der Waals surface area contributed by atoms with Crippen LogP contribution < -0.4 is 0 Å². The fourth-order valence-electron chi connectivity index (χ4n) is 12.8. The summed E-state index contributed by atoms with van der Waals surface area (Å²) in [5, 5.41) is 53.9. The Morgan fingerprint density at radius 3 is 2.27 bits per heavy atom. The molecule has 0 radical (unpaired) electrons. The second-order valence-corrected chi connectivity index (χ2v) is 18.1. The molecule has 2 bridgehead atoms. The van der Waals surface area contributed by atoms with Crippen LogP contribution in [-0.4, -0.2) is 87.3 Å². The molecular weight excluding hydrogens is 560 g/mol. The summed E-state index contributed by atoms with van der Waals surface area (Å²) in [6, 6.07) is 0. The largest absolute Gasteiger partial charge is 0.396 e. The van der Waals surface area contributed by atoms with Crippen LogP contribution in [0.2, 0.25) is 0 Å². The summed E-state index contributed by atoms with van der Waals surface area (Å²) in [5.41, 5.74) is -1.57. The predicted octanol–water partition coefficient (Wildman–Crippen LogP) is 3.95. The van der Waals surface area contributed by atoms with Gasteiger partial charge in [-0.15, -0.1) is 0 Å². The minimum atomic E-state index is -1.34. The van der Waals surface area contributed by atoms with Crippen LogP contribution in [0.1, 0.15) is 99.8 Å². The molecule has 2 saturated heterocycles. The van der Waals surface area contributed by atoms with Crippen LogP contribution in [0.25, 0.3) is 0 Å². The van der Waals surface area contributed by atoms with Crippen molar-refractivity contribution in [3.8, 4) is 0 Å². The van der Waals surface area contributed by atoms with Gasteiger partial charge >= 0.3 is 0 Å². The molecular formula is C36H58O8. The maximum Gasteiger partial charge on any atom is 0.186 e. The van der Waals surface area contributed by atoms with E-state index in [1.54, 1.807) is 6.92 Å². The first kappa shape index (κ1) is 32.0. The Balaban J connectivity index is 1.33. The highest BCUT2D eigenvalue weighted by atomic mass is 16.7. The molecule has 4 saturated carbocycles. The summed E-state index contributed by atoms with van der Waals surface area (Å²) in [6.07, 6.45) is 5.99. The first-order chi connectivity index (χ1) is 20.4. The van der Waals surface area contributed by atoms with Crippen molar-refractivity contribution < 1.29 is 39.7 Å². The van der Waals surface area contributed by atoms with Crippen molar-refractivity contribution in [3.63, 3.8) is 0 Å². The van der Waals surface area contributed by atoms with Gasteiger partial charge in [0.05, 0.1) is 37.1 Å². The van der Waals surface area contributed by atoms with Crippen LogP contribution in [0.5, 0.6) is 0 Å². The number of hydrogen-bond donors (Lipinski definition) is 5. The Morgan fingerprint density at radius 1 is 0.841 bits per heavy atom. The molecule has 5 aliphatic carbocycles. The van der Waals surface area contributed by atoms with E-state index in [4.69, 9.17) is 14.2 Å². The Kier molecular flexibility index (Phi) is 7.08. The zero-order valence-electron chi connectivity index (χ0n) is 28.0. The van der Waals surface area contributed by atoms with E-state index in [1.165, 1.54) is 0 Å². The standard InChI is InChI=1S/C36H58O8/c1-20-26(39)27(40)28(41)29(43-20)44-25-17-34(7)33(6)12-8-21-31(4,11-10-24(38)32(21,5)18-37)22(33)9-13-36(34)23-16-30(2,3)14-15-35(23,25)19-42-36/h9,13,20-29,37-41H,8,10-12,14-19H2,1-7H3/t20-,21?,22?,23?,24-,25+,26+,27+,28-,29-,31-,32?,33+,34-,35?,36?/m0/s1. The lowest BCUT2D eigenvalue weighted by Gasteiger charge is -2.73. The zero-order valence-corrected chi connectivity index (χ0v) is 28.0. The molecule has 2 heterocycles. The van der Waals surface area contributed by atoms with E-state index in [0.717, 1.165) is 44.9 Å². The normalized spacial score (nSPS) is 61.0. The van der Waals surface area contributed by atoms with Crippen LogP contribution in [0, 0.1) is 50.2 Å². The third-order valence-electron chi connectivity index (χ3n) is 15.8. The third kappa shape index (κ3) is 3.75. The van der Waals surface area contributed by atoms with Gasteiger partial charge in [-0.2, -0.15) is 0 Å². The summed E-state index contributed by atoms with van der Waals surface area (Å²) in [7, 11) is 0. The number of aliphatic hydroxyl groups is 5. The van der Waals surface area contributed by atoms with E-state index in [9.17, 15) is 25.5 Å². The average Bonchev–Trinajstić information content (AvgIpc) is 3.24. The molecule has 7 rings (SSSR count).